The van der Waals surface area contributed by atoms with Crippen LogP contribution >= 0.6 is 0 Å². The van der Waals surface area contributed by atoms with Crippen LogP contribution in [0.4, 0.5) is 5.69 Å². The van der Waals surface area contributed by atoms with E-state index in [0.717, 1.165) is 24.5 Å². The maximum Gasteiger partial charge on any atom is 0.127 e. The lowest BCUT2D eigenvalue weighted by Crippen LogP contribution is -2.05. The van der Waals surface area contributed by atoms with Crippen molar-refractivity contribution in [1.82, 2.24) is 9.55 Å². The molecule has 1 N–H and O–H groups in total. The lowest BCUT2D eigenvalue weighted by atomic mass is 10.1. The molecule has 84 valence electrons. The van der Waals surface area contributed by atoms with Gasteiger partial charge in [0, 0.05) is 25.1 Å². The van der Waals surface area contributed by atoms with Crippen molar-refractivity contribution in [3.05, 3.63) is 48.0 Å². The lowest BCUT2D eigenvalue weighted by Gasteiger charge is -2.07. The molecule has 0 aliphatic rings. The Hall–Kier alpha value is -1.77. The van der Waals surface area contributed by atoms with Gasteiger partial charge < -0.3 is 9.88 Å². The molecule has 3 nitrogen and oxygen atoms in total. The molecule has 16 heavy (non-hydrogen) atoms. The summed E-state index contributed by atoms with van der Waals surface area (Å²) >= 11 is 0. The second-order valence-corrected chi connectivity index (χ2v) is 3.86. The number of hydrogen-bond acceptors (Lipinski definition) is 2. The predicted molar refractivity (Wildman–Crippen MR) is 66.4 cm³/mol. The SMILES string of the molecule is CCc1cccc(NCc2nccn2C)c1. The number of nitrogens with zero attached hydrogens (tertiary/aromatic N) is 2. The number of hydrogen-bond donors (Lipinski definition) is 1. The predicted octanol–water partition coefficient (Wildman–Crippen LogP) is 2.59. The van der Waals surface area contributed by atoms with Gasteiger partial charge in [-0.3, -0.25) is 0 Å². The average Bonchev–Trinajstić information content (AvgIpc) is 2.72. The Bertz CT molecular complexity index is 460. The van der Waals surface area contributed by atoms with Crippen LogP contribution in [0, 0.1) is 0 Å². The summed E-state index contributed by atoms with van der Waals surface area (Å²) in [5, 5.41) is 3.38. The van der Waals surface area contributed by atoms with Gasteiger partial charge in [0.25, 0.3) is 0 Å². The van der Waals surface area contributed by atoms with Crippen LogP contribution in [0.5, 0.6) is 0 Å². The lowest BCUT2D eigenvalue weighted by molar-refractivity contribution is 0.813. The van der Waals surface area contributed by atoms with Crippen molar-refractivity contribution in [3.63, 3.8) is 0 Å². The Labute approximate surface area is 96.1 Å². The third-order valence-electron chi connectivity index (χ3n) is 2.71. The first-order valence-electron chi connectivity index (χ1n) is 5.58. The van der Waals surface area contributed by atoms with Crippen LogP contribution in [0.15, 0.2) is 36.7 Å². The fourth-order valence-corrected chi connectivity index (χ4v) is 1.65. The van der Waals surface area contributed by atoms with Crippen LogP contribution in [-0.2, 0) is 20.0 Å². The summed E-state index contributed by atoms with van der Waals surface area (Å²) in [4.78, 5) is 4.27. The summed E-state index contributed by atoms with van der Waals surface area (Å²) in [5.74, 6) is 1.04. The van der Waals surface area contributed by atoms with E-state index in [1.165, 1.54) is 5.56 Å². The summed E-state index contributed by atoms with van der Waals surface area (Å²) in [5.41, 5.74) is 2.51. The van der Waals surface area contributed by atoms with Gasteiger partial charge >= 0.3 is 0 Å². The zero-order valence-corrected chi connectivity index (χ0v) is 9.77. The van der Waals surface area contributed by atoms with E-state index in [2.05, 4.69) is 41.5 Å². The van der Waals surface area contributed by atoms with Crippen molar-refractivity contribution in [3.8, 4) is 0 Å². The number of rotatable bonds is 4. The van der Waals surface area contributed by atoms with E-state index in [4.69, 9.17) is 0 Å². The van der Waals surface area contributed by atoms with Gasteiger partial charge in [0.15, 0.2) is 0 Å². The van der Waals surface area contributed by atoms with Gasteiger partial charge in [0.1, 0.15) is 5.82 Å². The van der Waals surface area contributed by atoms with Crippen molar-refractivity contribution in [2.24, 2.45) is 7.05 Å². The smallest absolute Gasteiger partial charge is 0.127 e. The summed E-state index contributed by atoms with van der Waals surface area (Å²) in [7, 11) is 2.01. The molecule has 0 aliphatic heterocycles. The maximum absolute atomic E-state index is 4.27. The molecule has 0 saturated heterocycles. The Balaban J connectivity index is 2.02. The molecule has 1 aromatic carbocycles. The summed E-state index contributed by atoms with van der Waals surface area (Å²) in [6, 6.07) is 8.50. The van der Waals surface area contributed by atoms with Crippen LogP contribution in [-0.4, -0.2) is 9.55 Å². The minimum Gasteiger partial charge on any atom is -0.378 e. The molecule has 0 aliphatic carbocycles. The van der Waals surface area contributed by atoms with Gasteiger partial charge in [-0.15, -0.1) is 0 Å². The standard InChI is InChI=1S/C13H17N3/c1-3-11-5-4-6-12(9-11)15-10-13-14-7-8-16(13)2/h4-9,15H,3,10H2,1-2H3. The van der Waals surface area contributed by atoms with Crippen LogP contribution in [0.3, 0.4) is 0 Å². The molecule has 0 atom stereocenters. The van der Waals surface area contributed by atoms with E-state index in [1.54, 1.807) is 0 Å². The molecule has 2 rings (SSSR count). The molecule has 0 fully saturated rings. The van der Waals surface area contributed by atoms with Crippen molar-refractivity contribution in [1.29, 1.82) is 0 Å². The first-order valence-corrected chi connectivity index (χ1v) is 5.58. The molecular weight excluding hydrogens is 198 g/mol. The number of aryl methyl sites for hydroxylation is 2. The van der Waals surface area contributed by atoms with Crippen LogP contribution < -0.4 is 5.32 Å². The Kier molecular flexibility index (Phi) is 3.25. The van der Waals surface area contributed by atoms with Gasteiger partial charge in [-0.1, -0.05) is 19.1 Å². The topological polar surface area (TPSA) is 29.9 Å². The number of nitrogens with one attached hydrogen (secondary N) is 1. The highest BCUT2D eigenvalue weighted by Crippen LogP contribution is 2.11. The van der Waals surface area contributed by atoms with Crippen molar-refractivity contribution in [2.45, 2.75) is 19.9 Å². The quantitative estimate of drug-likeness (QED) is 0.849. The average molecular weight is 215 g/mol. The number of aromatic nitrogens is 2. The molecular formula is C13H17N3. The van der Waals surface area contributed by atoms with Crippen molar-refractivity contribution in [2.75, 3.05) is 5.32 Å². The van der Waals surface area contributed by atoms with E-state index >= 15 is 0 Å². The van der Waals surface area contributed by atoms with Crippen LogP contribution in [0.25, 0.3) is 0 Å². The molecule has 2 aromatic rings. The van der Waals surface area contributed by atoms with Gasteiger partial charge in [-0.05, 0) is 24.1 Å². The van der Waals surface area contributed by atoms with E-state index in [-0.39, 0.29) is 0 Å². The summed E-state index contributed by atoms with van der Waals surface area (Å²) in [6.07, 6.45) is 4.84. The third-order valence-corrected chi connectivity index (χ3v) is 2.71. The highest BCUT2D eigenvalue weighted by atomic mass is 15.1. The molecule has 0 unspecified atom stereocenters. The number of imidazole rings is 1. The van der Waals surface area contributed by atoms with Gasteiger partial charge in [-0.2, -0.15) is 0 Å². The zero-order valence-electron chi connectivity index (χ0n) is 9.77. The minimum atomic E-state index is 0.761. The fraction of sp³-hybridized carbons (Fsp3) is 0.308. The van der Waals surface area contributed by atoms with Crippen LogP contribution in [0.2, 0.25) is 0 Å². The number of benzene rings is 1. The molecule has 1 aromatic heterocycles. The highest BCUT2D eigenvalue weighted by molar-refractivity contribution is 5.45. The van der Waals surface area contributed by atoms with Crippen molar-refractivity contribution >= 4 is 5.69 Å². The van der Waals surface area contributed by atoms with Gasteiger partial charge in [-0.25, -0.2) is 4.98 Å². The van der Waals surface area contributed by atoms with E-state index < -0.39 is 0 Å². The molecule has 0 saturated carbocycles. The van der Waals surface area contributed by atoms with Crippen molar-refractivity contribution < 1.29 is 0 Å². The second-order valence-electron chi connectivity index (χ2n) is 3.86. The second kappa shape index (κ2) is 4.84. The molecule has 0 bridgehead atoms. The van der Waals surface area contributed by atoms with E-state index in [0.29, 0.717) is 0 Å². The Morgan fingerprint density at radius 1 is 1.38 bits per heavy atom. The third kappa shape index (κ3) is 2.42. The Morgan fingerprint density at radius 2 is 2.25 bits per heavy atom. The monoisotopic (exact) mass is 215 g/mol. The summed E-state index contributed by atoms with van der Waals surface area (Å²) < 4.78 is 2.02. The minimum absolute atomic E-state index is 0.761. The fourth-order valence-electron chi connectivity index (χ4n) is 1.65. The summed E-state index contributed by atoms with van der Waals surface area (Å²) in [6.45, 7) is 2.93. The largest absolute Gasteiger partial charge is 0.378 e. The molecule has 3 heteroatoms. The number of anilines is 1. The van der Waals surface area contributed by atoms with Crippen LogP contribution in [0.1, 0.15) is 18.3 Å². The zero-order chi connectivity index (χ0) is 11.4. The Morgan fingerprint density at radius 3 is 2.94 bits per heavy atom. The molecule has 0 radical (unpaired) electrons. The molecule has 1 heterocycles. The van der Waals surface area contributed by atoms with Gasteiger partial charge in [0.2, 0.25) is 0 Å². The van der Waals surface area contributed by atoms with Gasteiger partial charge in [0.05, 0.1) is 6.54 Å². The molecule has 0 spiro atoms. The van der Waals surface area contributed by atoms with E-state index in [9.17, 15) is 0 Å². The first-order chi connectivity index (χ1) is 7.79. The molecule has 0 amide bonds. The normalized spacial score (nSPS) is 10.4. The highest BCUT2D eigenvalue weighted by Gasteiger charge is 1.99. The van der Waals surface area contributed by atoms with E-state index in [1.807, 2.05) is 24.0 Å². The first kappa shape index (κ1) is 10.7. The maximum atomic E-state index is 4.27.